The summed E-state index contributed by atoms with van der Waals surface area (Å²) in [5, 5.41) is 9.22. The van der Waals surface area contributed by atoms with Crippen LogP contribution >= 0.6 is 0 Å². The van der Waals surface area contributed by atoms with Crippen LogP contribution in [0, 0.1) is 0 Å². The first kappa shape index (κ1) is 14.2. The summed E-state index contributed by atoms with van der Waals surface area (Å²) in [7, 11) is -3.86. The number of benzene rings is 1. The first-order valence-corrected chi connectivity index (χ1v) is 8.08. The highest BCUT2D eigenvalue weighted by molar-refractivity contribution is 7.89. The molecule has 0 aliphatic carbocycles. The Balaban J connectivity index is 1.97. The van der Waals surface area contributed by atoms with Gasteiger partial charge in [-0.05, 0) is 31.4 Å². The van der Waals surface area contributed by atoms with Crippen molar-refractivity contribution < 1.29 is 27.8 Å². The topological polar surface area (TPSA) is 93.1 Å². The van der Waals surface area contributed by atoms with E-state index in [-0.39, 0.29) is 18.2 Å². The molecule has 0 bridgehead atoms. The molecule has 2 aliphatic rings. The van der Waals surface area contributed by atoms with E-state index in [4.69, 9.17) is 9.47 Å². The predicted molar refractivity (Wildman–Crippen MR) is 71.7 cm³/mol. The van der Waals surface area contributed by atoms with Gasteiger partial charge in [0.1, 0.15) is 6.04 Å². The van der Waals surface area contributed by atoms with Crippen LogP contribution in [0.2, 0.25) is 0 Å². The summed E-state index contributed by atoms with van der Waals surface area (Å²) in [6.07, 6.45) is 1.71. The van der Waals surface area contributed by atoms with Gasteiger partial charge >= 0.3 is 5.97 Å². The zero-order valence-corrected chi connectivity index (χ0v) is 12.0. The van der Waals surface area contributed by atoms with Crippen molar-refractivity contribution >= 4 is 16.0 Å². The number of piperidine rings is 1. The highest BCUT2D eigenvalue weighted by atomic mass is 32.2. The minimum atomic E-state index is -3.86. The number of carboxylic acid groups (broad SMARTS) is 1. The minimum absolute atomic E-state index is 0.0277. The molecule has 1 unspecified atom stereocenters. The van der Waals surface area contributed by atoms with Crippen molar-refractivity contribution in [2.24, 2.45) is 0 Å². The lowest BCUT2D eigenvalue weighted by Gasteiger charge is -2.31. The summed E-state index contributed by atoms with van der Waals surface area (Å²) in [6.45, 7) is 0.272. The van der Waals surface area contributed by atoms with Crippen LogP contribution in [0.1, 0.15) is 19.3 Å². The van der Waals surface area contributed by atoms with Crippen molar-refractivity contribution in [3.05, 3.63) is 18.2 Å². The molecule has 1 fully saturated rings. The summed E-state index contributed by atoms with van der Waals surface area (Å²) in [5.74, 6) is -0.263. The second-order valence-corrected chi connectivity index (χ2v) is 6.87. The molecule has 1 aromatic rings. The van der Waals surface area contributed by atoms with E-state index in [1.54, 1.807) is 0 Å². The number of ether oxygens (including phenoxy) is 2. The van der Waals surface area contributed by atoms with Crippen molar-refractivity contribution in [3.8, 4) is 11.5 Å². The molecular weight excluding hydrogens is 298 g/mol. The van der Waals surface area contributed by atoms with E-state index in [1.807, 2.05) is 0 Å². The molecule has 0 saturated carbocycles. The van der Waals surface area contributed by atoms with Crippen molar-refractivity contribution in [3.63, 3.8) is 0 Å². The quantitative estimate of drug-likeness (QED) is 0.896. The van der Waals surface area contributed by atoms with Gasteiger partial charge in [0, 0.05) is 12.6 Å². The highest BCUT2D eigenvalue weighted by Gasteiger charge is 2.38. The Labute approximate surface area is 122 Å². The zero-order valence-electron chi connectivity index (χ0n) is 11.2. The number of carbonyl (C=O) groups is 1. The Hall–Kier alpha value is -1.80. The van der Waals surface area contributed by atoms with Crippen LogP contribution in [-0.2, 0) is 14.8 Å². The van der Waals surface area contributed by atoms with Gasteiger partial charge in [0.05, 0.1) is 4.90 Å². The Morgan fingerprint density at radius 3 is 2.76 bits per heavy atom. The smallest absolute Gasteiger partial charge is 0.322 e. The van der Waals surface area contributed by atoms with Crippen LogP contribution in [0.15, 0.2) is 23.1 Å². The molecule has 0 radical (unpaired) electrons. The molecule has 1 saturated heterocycles. The molecule has 1 atom stereocenters. The van der Waals surface area contributed by atoms with Gasteiger partial charge in [-0.3, -0.25) is 4.79 Å². The zero-order chi connectivity index (χ0) is 15.0. The molecule has 2 heterocycles. The van der Waals surface area contributed by atoms with Gasteiger partial charge < -0.3 is 14.6 Å². The molecule has 2 aliphatic heterocycles. The molecule has 3 rings (SSSR count). The van der Waals surface area contributed by atoms with Crippen LogP contribution in [0.4, 0.5) is 0 Å². The van der Waals surface area contributed by atoms with E-state index < -0.39 is 22.0 Å². The van der Waals surface area contributed by atoms with Crippen LogP contribution in [0.5, 0.6) is 11.5 Å². The average molecular weight is 313 g/mol. The number of fused-ring (bicyclic) bond motifs is 1. The van der Waals surface area contributed by atoms with Crippen molar-refractivity contribution in [1.82, 2.24) is 4.31 Å². The third-order valence-electron chi connectivity index (χ3n) is 3.69. The monoisotopic (exact) mass is 313 g/mol. The molecule has 0 spiro atoms. The standard InChI is InChI=1S/C13H15NO6S/c15-13(16)10-3-1-2-6-14(10)21(17,18)9-4-5-11-12(7-9)20-8-19-11/h4-5,7,10H,1-3,6,8H2,(H,15,16). The second kappa shape index (κ2) is 5.19. The van der Waals surface area contributed by atoms with Gasteiger partial charge in [-0.1, -0.05) is 0 Å². The Morgan fingerprint density at radius 2 is 2.00 bits per heavy atom. The fourth-order valence-electron chi connectivity index (χ4n) is 2.61. The largest absolute Gasteiger partial charge is 0.480 e. The molecule has 0 amide bonds. The van der Waals surface area contributed by atoms with E-state index in [1.165, 1.54) is 18.2 Å². The average Bonchev–Trinajstić information content (AvgIpc) is 2.94. The van der Waals surface area contributed by atoms with Gasteiger partial charge in [0.2, 0.25) is 16.8 Å². The third-order valence-corrected chi connectivity index (χ3v) is 5.59. The van der Waals surface area contributed by atoms with Crippen molar-refractivity contribution in [2.75, 3.05) is 13.3 Å². The molecule has 1 aromatic carbocycles. The predicted octanol–water partition coefficient (Wildman–Crippen LogP) is 1.04. The lowest BCUT2D eigenvalue weighted by Crippen LogP contribution is -2.47. The molecule has 7 nitrogen and oxygen atoms in total. The van der Waals surface area contributed by atoms with E-state index in [2.05, 4.69) is 0 Å². The number of sulfonamides is 1. The van der Waals surface area contributed by atoms with Crippen LogP contribution < -0.4 is 9.47 Å². The molecule has 114 valence electrons. The fraction of sp³-hybridized carbons (Fsp3) is 0.462. The van der Waals surface area contributed by atoms with Gasteiger partial charge in [-0.2, -0.15) is 4.31 Å². The first-order valence-electron chi connectivity index (χ1n) is 6.64. The minimum Gasteiger partial charge on any atom is -0.480 e. The number of nitrogens with zero attached hydrogens (tertiary/aromatic N) is 1. The first-order chi connectivity index (χ1) is 10.00. The highest BCUT2D eigenvalue weighted by Crippen LogP contribution is 2.35. The van der Waals surface area contributed by atoms with Gasteiger partial charge in [0.15, 0.2) is 11.5 Å². The summed E-state index contributed by atoms with van der Waals surface area (Å²) < 4.78 is 36.7. The lowest BCUT2D eigenvalue weighted by molar-refractivity contribution is -0.142. The van der Waals surface area contributed by atoms with E-state index in [9.17, 15) is 18.3 Å². The van der Waals surface area contributed by atoms with E-state index in [0.29, 0.717) is 30.8 Å². The lowest BCUT2D eigenvalue weighted by atomic mass is 10.1. The van der Waals surface area contributed by atoms with Crippen LogP contribution in [-0.4, -0.2) is 43.2 Å². The maximum Gasteiger partial charge on any atom is 0.322 e. The Kier molecular flexibility index (Phi) is 3.50. The number of aliphatic carboxylic acids is 1. The van der Waals surface area contributed by atoms with E-state index >= 15 is 0 Å². The summed E-state index contributed by atoms with van der Waals surface area (Å²) in [4.78, 5) is 11.3. The van der Waals surface area contributed by atoms with Gasteiger partial charge in [-0.25, -0.2) is 8.42 Å². The Morgan fingerprint density at radius 1 is 1.24 bits per heavy atom. The fourth-order valence-corrected chi connectivity index (χ4v) is 4.28. The number of rotatable bonds is 3. The van der Waals surface area contributed by atoms with E-state index in [0.717, 1.165) is 4.31 Å². The summed E-state index contributed by atoms with van der Waals surface area (Å²) in [5.41, 5.74) is 0. The maximum atomic E-state index is 12.7. The summed E-state index contributed by atoms with van der Waals surface area (Å²) >= 11 is 0. The number of hydrogen-bond acceptors (Lipinski definition) is 5. The van der Waals surface area contributed by atoms with Gasteiger partial charge in [0.25, 0.3) is 0 Å². The number of carboxylic acids is 1. The van der Waals surface area contributed by atoms with Crippen LogP contribution in [0.3, 0.4) is 0 Å². The van der Waals surface area contributed by atoms with Gasteiger partial charge in [-0.15, -0.1) is 0 Å². The molecular formula is C13H15NO6S. The van der Waals surface area contributed by atoms with Crippen molar-refractivity contribution in [1.29, 1.82) is 0 Å². The second-order valence-electron chi connectivity index (χ2n) is 4.98. The Bertz CT molecular complexity index is 671. The third kappa shape index (κ3) is 2.44. The van der Waals surface area contributed by atoms with Crippen molar-refractivity contribution in [2.45, 2.75) is 30.2 Å². The molecule has 0 aromatic heterocycles. The summed E-state index contributed by atoms with van der Waals surface area (Å²) in [6, 6.07) is 3.31. The normalized spacial score (nSPS) is 22.2. The number of hydrogen-bond donors (Lipinski definition) is 1. The molecule has 21 heavy (non-hydrogen) atoms. The molecule has 1 N–H and O–H groups in total. The molecule has 8 heteroatoms. The maximum absolute atomic E-state index is 12.7. The SMILES string of the molecule is O=C(O)C1CCCCN1S(=O)(=O)c1ccc2c(c1)OCO2. The van der Waals surface area contributed by atoms with Crippen LogP contribution in [0.25, 0.3) is 0 Å².